The molecule has 2 amide bonds. The highest BCUT2D eigenvalue weighted by Crippen LogP contribution is 2.26. The van der Waals surface area contributed by atoms with E-state index in [9.17, 15) is 27.9 Å². The molecule has 2 aromatic rings. The zero-order valence-electron chi connectivity index (χ0n) is 19.2. The molecule has 10 nitrogen and oxygen atoms in total. The Morgan fingerprint density at radius 1 is 1.09 bits per heavy atom. The molecule has 5 N–H and O–H groups in total. The molecule has 0 aliphatic carbocycles. The molecule has 188 valence electrons. The van der Waals surface area contributed by atoms with E-state index in [0.29, 0.717) is 43.5 Å². The first-order valence-electron chi connectivity index (χ1n) is 11.4. The van der Waals surface area contributed by atoms with Crippen LogP contribution in [0.3, 0.4) is 0 Å². The molecular weight excluding hydrogens is 472 g/mol. The number of carboxylic acid groups (broad SMARTS) is 1. The summed E-state index contributed by atoms with van der Waals surface area (Å²) in [6, 6.07) is 12.3. The van der Waals surface area contributed by atoms with Crippen LogP contribution < -0.4 is 16.4 Å². The van der Waals surface area contributed by atoms with E-state index in [1.165, 1.54) is 12.1 Å². The van der Waals surface area contributed by atoms with Gasteiger partial charge < -0.3 is 21.5 Å². The number of carbonyl (C=O) groups is 3. The van der Waals surface area contributed by atoms with Crippen LogP contribution >= 0.6 is 0 Å². The fraction of sp³-hybridized carbons (Fsp3) is 0.375. The van der Waals surface area contributed by atoms with Crippen LogP contribution in [0.1, 0.15) is 31.2 Å². The standard InChI is InChI=1S/C24H30N4O6S/c25-14-4-9-22(29)26-18-12-10-17(11-13-18)16-20(24(31)32)27-23(30)21-8-5-15-28(21)35(33,34)19-6-2-1-3-7-19/h1-3,6-7,10-13,20-21H,4-5,8-9,14-16,25H2,(H,26,29)(H,27,30)(H,31,32)/t20?,21-/m0/s1. The smallest absolute Gasteiger partial charge is 0.326 e. The van der Waals surface area contributed by atoms with E-state index in [4.69, 9.17) is 5.73 Å². The summed E-state index contributed by atoms with van der Waals surface area (Å²) < 4.78 is 27.2. The fourth-order valence-corrected chi connectivity index (χ4v) is 5.61. The second kappa shape index (κ2) is 11.9. The molecule has 0 spiro atoms. The van der Waals surface area contributed by atoms with Gasteiger partial charge in [0.15, 0.2) is 0 Å². The molecule has 0 aromatic heterocycles. The maximum Gasteiger partial charge on any atom is 0.326 e. The van der Waals surface area contributed by atoms with Crippen molar-refractivity contribution >= 4 is 33.5 Å². The molecule has 1 saturated heterocycles. The van der Waals surface area contributed by atoms with Gasteiger partial charge in [-0.25, -0.2) is 13.2 Å². The highest BCUT2D eigenvalue weighted by molar-refractivity contribution is 7.89. The number of sulfonamides is 1. The third kappa shape index (κ3) is 6.87. The number of aliphatic carboxylic acids is 1. The average molecular weight is 503 g/mol. The summed E-state index contributed by atoms with van der Waals surface area (Å²) >= 11 is 0. The van der Waals surface area contributed by atoms with Crippen LogP contribution in [0.5, 0.6) is 0 Å². The van der Waals surface area contributed by atoms with Crippen molar-refractivity contribution < 1.29 is 27.9 Å². The van der Waals surface area contributed by atoms with Crippen LogP contribution in [-0.4, -0.2) is 60.8 Å². The van der Waals surface area contributed by atoms with Gasteiger partial charge in [0.25, 0.3) is 0 Å². The Balaban J connectivity index is 1.65. The maximum atomic E-state index is 13.0. The number of nitrogens with zero attached hydrogens (tertiary/aromatic N) is 1. The van der Waals surface area contributed by atoms with Crippen LogP contribution in [-0.2, 0) is 30.8 Å². The normalized spacial score (nSPS) is 17.0. The van der Waals surface area contributed by atoms with Crippen molar-refractivity contribution in [1.82, 2.24) is 9.62 Å². The Morgan fingerprint density at radius 2 is 1.77 bits per heavy atom. The Kier molecular flexibility index (Phi) is 8.96. The lowest BCUT2D eigenvalue weighted by atomic mass is 10.0. The molecule has 0 bridgehead atoms. The Labute approximate surface area is 204 Å². The topological polar surface area (TPSA) is 159 Å². The zero-order chi connectivity index (χ0) is 25.4. The van der Waals surface area contributed by atoms with Crippen molar-refractivity contribution in [2.24, 2.45) is 5.73 Å². The number of rotatable bonds is 11. The number of benzene rings is 2. The molecule has 1 aliphatic heterocycles. The van der Waals surface area contributed by atoms with Gasteiger partial charge in [-0.15, -0.1) is 0 Å². The quantitative estimate of drug-likeness (QED) is 0.361. The lowest BCUT2D eigenvalue weighted by Crippen LogP contribution is -2.51. The van der Waals surface area contributed by atoms with E-state index in [-0.39, 0.29) is 23.8 Å². The molecule has 1 unspecified atom stereocenters. The average Bonchev–Trinajstić information content (AvgIpc) is 3.35. The lowest BCUT2D eigenvalue weighted by molar-refractivity contribution is -0.142. The van der Waals surface area contributed by atoms with Crippen LogP contribution in [0, 0.1) is 0 Å². The number of anilines is 1. The molecule has 3 rings (SSSR count). The Morgan fingerprint density at radius 3 is 2.40 bits per heavy atom. The summed E-state index contributed by atoms with van der Waals surface area (Å²) in [5.74, 6) is -2.03. The van der Waals surface area contributed by atoms with Gasteiger partial charge >= 0.3 is 5.97 Å². The van der Waals surface area contributed by atoms with Gasteiger partial charge in [0.05, 0.1) is 4.90 Å². The summed E-state index contributed by atoms with van der Waals surface area (Å²) in [5, 5.41) is 14.9. The predicted molar refractivity (Wildman–Crippen MR) is 130 cm³/mol. The van der Waals surface area contributed by atoms with E-state index in [0.717, 1.165) is 4.31 Å². The van der Waals surface area contributed by atoms with Gasteiger partial charge in [0.1, 0.15) is 12.1 Å². The minimum Gasteiger partial charge on any atom is -0.480 e. The van der Waals surface area contributed by atoms with Gasteiger partial charge in [0, 0.05) is 25.1 Å². The molecule has 2 atom stereocenters. The molecule has 1 heterocycles. The van der Waals surface area contributed by atoms with Crippen molar-refractivity contribution in [3.63, 3.8) is 0 Å². The monoisotopic (exact) mass is 502 g/mol. The van der Waals surface area contributed by atoms with Crippen molar-refractivity contribution in [3.05, 3.63) is 60.2 Å². The number of carbonyl (C=O) groups excluding carboxylic acids is 2. The minimum atomic E-state index is -3.88. The van der Waals surface area contributed by atoms with Gasteiger partial charge in [-0.2, -0.15) is 4.31 Å². The van der Waals surface area contributed by atoms with Crippen molar-refractivity contribution in [1.29, 1.82) is 0 Å². The number of nitrogens with one attached hydrogen (secondary N) is 2. The van der Waals surface area contributed by atoms with Crippen molar-refractivity contribution in [3.8, 4) is 0 Å². The molecule has 35 heavy (non-hydrogen) atoms. The lowest BCUT2D eigenvalue weighted by Gasteiger charge is -2.25. The summed E-state index contributed by atoms with van der Waals surface area (Å²) in [4.78, 5) is 36.7. The molecule has 1 fully saturated rings. The third-order valence-electron chi connectivity index (χ3n) is 5.76. The molecule has 0 saturated carbocycles. The Hall–Kier alpha value is -3.28. The Bertz CT molecular complexity index is 1140. The van der Waals surface area contributed by atoms with E-state index in [2.05, 4.69) is 10.6 Å². The fourth-order valence-electron chi connectivity index (χ4n) is 3.93. The van der Waals surface area contributed by atoms with Gasteiger partial charge in [-0.05, 0) is 55.6 Å². The zero-order valence-corrected chi connectivity index (χ0v) is 20.0. The third-order valence-corrected chi connectivity index (χ3v) is 7.68. The van der Waals surface area contributed by atoms with E-state index in [1.807, 2.05) is 0 Å². The summed E-state index contributed by atoms with van der Waals surface area (Å²) in [6.45, 7) is 0.608. The first-order chi connectivity index (χ1) is 16.7. The molecule has 1 aliphatic rings. The maximum absolute atomic E-state index is 13.0. The SMILES string of the molecule is NCCCC(=O)Nc1ccc(CC(NC(=O)[C@@H]2CCCN2S(=O)(=O)c2ccccc2)C(=O)O)cc1. The van der Waals surface area contributed by atoms with Crippen molar-refractivity contribution in [2.75, 3.05) is 18.4 Å². The van der Waals surface area contributed by atoms with Crippen molar-refractivity contribution in [2.45, 2.75) is 49.1 Å². The molecular formula is C24H30N4O6S. The van der Waals surface area contributed by atoms with Crippen LogP contribution in [0.15, 0.2) is 59.5 Å². The van der Waals surface area contributed by atoms with E-state index < -0.39 is 34.0 Å². The summed E-state index contributed by atoms with van der Waals surface area (Å²) in [6.07, 6.45) is 1.70. The van der Waals surface area contributed by atoms with Gasteiger partial charge in [0.2, 0.25) is 21.8 Å². The van der Waals surface area contributed by atoms with E-state index in [1.54, 1.807) is 42.5 Å². The van der Waals surface area contributed by atoms with Crippen LogP contribution in [0.4, 0.5) is 5.69 Å². The first kappa shape index (κ1) is 26.3. The first-order valence-corrected chi connectivity index (χ1v) is 12.9. The largest absolute Gasteiger partial charge is 0.480 e. The summed E-state index contributed by atoms with van der Waals surface area (Å²) in [5.41, 5.74) is 6.61. The second-order valence-corrected chi connectivity index (χ2v) is 10.2. The number of nitrogens with two attached hydrogens (primary N) is 1. The number of hydrogen-bond acceptors (Lipinski definition) is 6. The number of carboxylic acids is 1. The number of amides is 2. The van der Waals surface area contributed by atoms with Gasteiger partial charge in [-0.3, -0.25) is 9.59 Å². The highest BCUT2D eigenvalue weighted by atomic mass is 32.2. The second-order valence-electron chi connectivity index (χ2n) is 8.33. The minimum absolute atomic E-state index is 0.000624. The van der Waals surface area contributed by atoms with Crippen LogP contribution in [0.25, 0.3) is 0 Å². The molecule has 0 radical (unpaired) electrons. The summed E-state index contributed by atoms with van der Waals surface area (Å²) in [7, 11) is -3.88. The molecule has 2 aromatic carbocycles. The predicted octanol–water partition coefficient (Wildman–Crippen LogP) is 1.33. The molecule has 11 heteroatoms. The number of hydrogen-bond donors (Lipinski definition) is 4. The highest BCUT2D eigenvalue weighted by Gasteiger charge is 2.40. The van der Waals surface area contributed by atoms with E-state index >= 15 is 0 Å². The van der Waals surface area contributed by atoms with Gasteiger partial charge in [-0.1, -0.05) is 30.3 Å². The van der Waals surface area contributed by atoms with Crippen LogP contribution in [0.2, 0.25) is 0 Å².